The molecule has 0 amide bonds. The molecule has 5 nitrogen and oxygen atoms in total. The highest BCUT2D eigenvalue weighted by Crippen LogP contribution is 2.17. The van der Waals surface area contributed by atoms with E-state index in [2.05, 4.69) is 10.00 Å². The van der Waals surface area contributed by atoms with Gasteiger partial charge in [0.2, 0.25) is 0 Å². The Bertz CT molecular complexity index is 708. The van der Waals surface area contributed by atoms with Gasteiger partial charge in [-0.2, -0.15) is 5.10 Å². The Hall–Kier alpha value is -1.40. The van der Waals surface area contributed by atoms with E-state index in [4.69, 9.17) is 0 Å². The van der Waals surface area contributed by atoms with Gasteiger partial charge in [0.15, 0.2) is 9.84 Å². The van der Waals surface area contributed by atoms with E-state index < -0.39 is 9.84 Å². The molecule has 0 saturated carbocycles. The fourth-order valence-corrected chi connectivity index (χ4v) is 4.00. The molecule has 108 valence electrons. The van der Waals surface area contributed by atoms with Crippen LogP contribution in [0, 0.1) is 0 Å². The molecular weight excluding hydrogens is 274 g/mol. The summed E-state index contributed by atoms with van der Waals surface area (Å²) in [5.41, 5.74) is 2.24. The first-order valence-corrected chi connectivity index (χ1v) is 8.63. The van der Waals surface area contributed by atoms with Crippen LogP contribution in [0.1, 0.15) is 18.9 Å². The Kier molecular flexibility index (Phi) is 3.52. The average Bonchev–Trinajstić information content (AvgIpc) is 2.79. The third kappa shape index (κ3) is 2.58. The monoisotopic (exact) mass is 293 g/mol. The zero-order valence-corrected chi connectivity index (χ0v) is 12.4. The van der Waals surface area contributed by atoms with E-state index in [9.17, 15) is 8.42 Å². The van der Waals surface area contributed by atoms with Crippen LogP contribution in [0.4, 0.5) is 0 Å². The van der Waals surface area contributed by atoms with Gasteiger partial charge in [0.25, 0.3) is 0 Å². The van der Waals surface area contributed by atoms with Crippen molar-refractivity contribution >= 4 is 15.4 Å². The van der Waals surface area contributed by atoms with E-state index in [0.29, 0.717) is 13.0 Å². The molecule has 0 radical (unpaired) electrons. The number of hydrogen-bond donors (Lipinski definition) is 0. The van der Waals surface area contributed by atoms with Crippen LogP contribution in [-0.2, 0) is 16.4 Å². The minimum atomic E-state index is -2.91. The number of pyridine rings is 1. The Labute approximate surface area is 119 Å². The number of hydrogen-bond acceptors (Lipinski definition) is 4. The number of rotatable bonds is 2. The number of fused-ring (bicyclic) bond motifs is 1. The Balaban J connectivity index is 1.78. The van der Waals surface area contributed by atoms with Crippen LogP contribution in [0.15, 0.2) is 30.6 Å². The lowest BCUT2D eigenvalue weighted by molar-refractivity contribution is 0.284. The van der Waals surface area contributed by atoms with Gasteiger partial charge in [0.05, 0.1) is 22.7 Å². The molecule has 0 aromatic carbocycles. The Morgan fingerprint density at radius 3 is 3.05 bits per heavy atom. The first-order chi connectivity index (χ1) is 9.56. The van der Waals surface area contributed by atoms with Crippen molar-refractivity contribution in [2.24, 2.45) is 0 Å². The van der Waals surface area contributed by atoms with Gasteiger partial charge < -0.3 is 0 Å². The van der Waals surface area contributed by atoms with E-state index in [1.165, 1.54) is 0 Å². The van der Waals surface area contributed by atoms with Gasteiger partial charge >= 0.3 is 0 Å². The minimum absolute atomic E-state index is 0.226. The van der Waals surface area contributed by atoms with Gasteiger partial charge in [-0.15, -0.1) is 0 Å². The topological polar surface area (TPSA) is 54.7 Å². The lowest BCUT2D eigenvalue weighted by Crippen LogP contribution is -2.26. The van der Waals surface area contributed by atoms with E-state index >= 15 is 0 Å². The summed E-state index contributed by atoms with van der Waals surface area (Å²) in [5, 5.41) is 4.10. The first-order valence-electron chi connectivity index (χ1n) is 6.91. The van der Waals surface area contributed by atoms with E-state index in [1.807, 2.05) is 42.0 Å². The molecule has 0 N–H and O–H groups in total. The molecule has 20 heavy (non-hydrogen) atoms. The fraction of sp³-hybridized carbons (Fsp3) is 0.500. The van der Waals surface area contributed by atoms with Crippen molar-refractivity contribution in [3.63, 3.8) is 0 Å². The summed E-state index contributed by atoms with van der Waals surface area (Å²) in [6.07, 6.45) is 4.51. The lowest BCUT2D eigenvalue weighted by Gasteiger charge is -2.18. The molecule has 0 spiro atoms. The second kappa shape index (κ2) is 5.18. The molecule has 1 aliphatic rings. The molecule has 3 rings (SSSR count). The summed E-state index contributed by atoms with van der Waals surface area (Å²) in [6, 6.07) is 5.99. The number of aromatic nitrogens is 2. The van der Waals surface area contributed by atoms with Crippen molar-refractivity contribution in [1.82, 2.24) is 14.5 Å². The smallest absolute Gasteiger partial charge is 0.154 e. The highest BCUT2D eigenvalue weighted by atomic mass is 32.2. The van der Waals surface area contributed by atoms with Crippen molar-refractivity contribution in [2.75, 3.05) is 18.8 Å². The van der Waals surface area contributed by atoms with Gasteiger partial charge in [-0.05, 0) is 32.0 Å². The van der Waals surface area contributed by atoms with Crippen LogP contribution in [-0.4, -0.2) is 47.0 Å². The van der Waals surface area contributed by atoms with Crippen LogP contribution in [0.2, 0.25) is 0 Å². The van der Waals surface area contributed by atoms with Crippen LogP contribution < -0.4 is 0 Å². The van der Waals surface area contributed by atoms with Gasteiger partial charge in [-0.25, -0.2) is 12.9 Å². The third-order valence-corrected chi connectivity index (χ3v) is 6.27. The number of nitrogens with zero attached hydrogens (tertiary/aromatic N) is 3. The molecule has 1 atom stereocenters. The predicted molar refractivity (Wildman–Crippen MR) is 78.3 cm³/mol. The zero-order chi connectivity index (χ0) is 14.2. The Morgan fingerprint density at radius 1 is 1.35 bits per heavy atom. The van der Waals surface area contributed by atoms with Gasteiger partial charge in [0.1, 0.15) is 0 Å². The summed E-state index contributed by atoms with van der Waals surface area (Å²) in [7, 11) is -2.91. The van der Waals surface area contributed by atoms with Crippen LogP contribution >= 0.6 is 0 Å². The third-order valence-electron chi connectivity index (χ3n) is 4.06. The summed E-state index contributed by atoms with van der Waals surface area (Å²) in [4.78, 5) is 2.21. The fourth-order valence-electron chi connectivity index (χ4n) is 2.62. The molecular formula is C14H19N3O2S. The molecule has 0 unspecified atom stereocenters. The quantitative estimate of drug-likeness (QED) is 0.838. The van der Waals surface area contributed by atoms with Gasteiger partial charge in [-0.1, -0.05) is 6.07 Å². The SMILES string of the molecule is C[C@H]1CCN(Cc2cnn3ccccc23)CCS1(=O)=O. The minimum Gasteiger partial charge on any atom is -0.298 e. The molecule has 0 aliphatic carbocycles. The maximum absolute atomic E-state index is 11.9. The van der Waals surface area contributed by atoms with Crippen LogP contribution in [0.5, 0.6) is 0 Å². The second-order valence-corrected chi connectivity index (χ2v) is 7.98. The molecule has 1 saturated heterocycles. The van der Waals surface area contributed by atoms with E-state index in [1.54, 1.807) is 0 Å². The summed E-state index contributed by atoms with van der Waals surface area (Å²) >= 11 is 0. The molecule has 2 aromatic rings. The van der Waals surface area contributed by atoms with Gasteiger partial charge in [-0.3, -0.25) is 4.90 Å². The van der Waals surface area contributed by atoms with Crippen molar-refractivity contribution < 1.29 is 8.42 Å². The highest BCUT2D eigenvalue weighted by Gasteiger charge is 2.26. The van der Waals surface area contributed by atoms with Crippen LogP contribution in [0.25, 0.3) is 5.52 Å². The second-order valence-electron chi connectivity index (χ2n) is 5.44. The maximum atomic E-state index is 11.9. The molecule has 3 heterocycles. The summed E-state index contributed by atoms with van der Waals surface area (Å²) < 4.78 is 25.7. The largest absolute Gasteiger partial charge is 0.298 e. The van der Waals surface area contributed by atoms with Gasteiger partial charge in [0, 0.05) is 24.8 Å². The average molecular weight is 293 g/mol. The molecule has 1 fully saturated rings. The highest BCUT2D eigenvalue weighted by molar-refractivity contribution is 7.92. The zero-order valence-electron chi connectivity index (χ0n) is 11.6. The molecule has 6 heteroatoms. The molecule has 0 bridgehead atoms. The number of sulfone groups is 1. The molecule has 2 aromatic heterocycles. The van der Waals surface area contributed by atoms with Crippen molar-refractivity contribution in [3.05, 3.63) is 36.2 Å². The predicted octanol–water partition coefficient (Wildman–Crippen LogP) is 1.34. The van der Waals surface area contributed by atoms with Crippen LogP contribution in [0.3, 0.4) is 0 Å². The normalized spacial score (nSPS) is 23.8. The van der Waals surface area contributed by atoms with Crippen molar-refractivity contribution in [3.8, 4) is 0 Å². The van der Waals surface area contributed by atoms with Crippen molar-refractivity contribution in [2.45, 2.75) is 25.1 Å². The van der Waals surface area contributed by atoms with E-state index in [0.717, 1.165) is 24.2 Å². The summed E-state index contributed by atoms with van der Waals surface area (Å²) in [6.45, 7) is 4.01. The standard InChI is InChI=1S/C14H19N3O2S/c1-12-5-7-16(8-9-20(12,18)19)11-13-10-15-17-6-3-2-4-14(13)17/h2-4,6,10,12H,5,7-9,11H2,1H3/t12-/m0/s1. The van der Waals surface area contributed by atoms with Crippen molar-refractivity contribution in [1.29, 1.82) is 0 Å². The lowest BCUT2D eigenvalue weighted by atomic mass is 10.2. The van der Waals surface area contributed by atoms with E-state index in [-0.39, 0.29) is 11.0 Å². The molecule has 1 aliphatic heterocycles. The maximum Gasteiger partial charge on any atom is 0.154 e. The summed E-state index contributed by atoms with van der Waals surface area (Å²) in [5.74, 6) is 0.257. The first kappa shape index (κ1) is 13.6. The Morgan fingerprint density at radius 2 is 2.20 bits per heavy atom.